The summed E-state index contributed by atoms with van der Waals surface area (Å²) in [6, 6.07) is 13.1. The monoisotopic (exact) mass is 321 g/mol. The topological polar surface area (TPSA) is 19.4 Å². The van der Waals surface area contributed by atoms with Gasteiger partial charge in [-0.05, 0) is 45.3 Å². The molecule has 21 heavy (non-hydrogen) atoms. The standard InChI is InChI=1S/C16H19N3S.ClH/c1-12(11-18(2)3)19-13-7-4-5-8-14(13)20-15-9-6-10-17-16(15)19;/h4-10,12H,11H2,1-3H3;1H. The third kappa shape index (κ3) is 3.18. The van der Waals surface area contributed by atoms with E-state index in [-0.39, 0.29) is 12.4 Å². The first-order valence-corrected chi connectivity index (χ1v) is 7.64. The molecule has 1 aromatic heterocycles. The van der Waals surface area contributed by atoms with Gasteiger partial charge >= 0.3 is 0 Å². The van der Waals surface area contributed by atoms with E-state index in [1.807, 2.05) is 12.3 Å². The molecule has 0 radical (unpaired) electrons. The molecular formula is C16H20ClN3S. The van der Waals surface area contributed by atoms with E-state index in [0.29, 0.717) is 6.04 Å². The van der Waals surface area contributed by atoms with Gasteiger partial charge in [0.05, 0.1) is 10.6 Å². The number of benzene rings is 1. The van der Waals surface area contributed by atoms with Gasteiger partial charge in [-0.2, -0.15) is 0 Å². The van der Waals surface area contributed by atoms with Crippen molar-refractivity contribution in [2.75, 3.05) is 25.5 Å². The number of pyridine rings is 1. The van der Waals surface area contributed by atoms with Crippen molar-refractivity contribution >= 4 is 35.7 Å². The molecule has 0 aliphatic carbocycles. The number of para-hydroxylation sites is 1. The minimum Gasteiger partial charge on any atom is -0.320 e. The molecule has 1 unspecified atom stereocenters. The Morgan fingerprint density at radius 2 is 1.86 bits per heavy atom. The second kappa shape index (κ2) is 6.69. The molecule has 0 N–H and O–H groups in total. The summed E-state index contributed by atoms with van der Waals surface area (Å²) in [5.41, 5.74) is 1.26. The first kappa shape index (κ1) is 16.1. The van der Waals surface area contributed by atoms with Gasteiger partial charge in [-0.1, -0.05) is 23.9 Å². The van der Waals surface area contributed by atoms with Gasteiger partial charge in [0, 0.05) is 23.7 Å². The molecule has 3 rings (SSSR count). The minimum absolute atomic E-state index is 0. The van der Waals surface area contributed by atoms with Crippen LogP contribution in [0.4, 0.5) is 11.5 Å². The lowest BCUT2D eigenvalue weighted by molar-refractivity contribution is 0.379. The van der Waals surface area contributed by atoms with Crippen molar-refractivity contribution in [2.45, 2.75) is 22.8 Å². The second-order valence-corrected chi connectivity index (χ2v) is 6.46. The molecule has 1 atom stereocenters. The van der Waals surface area contributed by atoms with E-state index in [1.54, 1.807) is 11.8 Å². The molecule has 0 saturated carbocycles. The predicted molar refractivity (Wildman–Crippen MR) is 92.2 cm³/mol. The van der Waals surface area contributed by atoms with Crippen molar-refractivity contribution in [1.82, 2.24) is 9.88 Å². The Morgan fingerprint density at radius 3 is 2.62 bits per heavy atom. The van der Waals surface area contributed by atoms with E-state index in [1.165, 1.54) is 15.5 Å². The maximum atomic E-state index is 4.61. The van der Waals surface area contributed by atoms with Crippen LogP contribution in [0.25, 0.3) is 0 Å². The van der Waals surface area contributed by atoms with Gasteiger partial charge in [-0.15, -0.1) is 12.4 Å². The van der Waals surface area contributed by atoms with Crippen molar-refractivity contribution < 1.29 is 0 Å². The Kier molecular flexibility index (Phi) is 5.14. The van der Waals surface area contributed by atoms with Crippen LogP contribution in [0.2, 0.25) is 0 Å². The highest BCUT2D eigenvalue weighted by Crippen LogP contribution is 2.47. The predicted octanol–water partition coefficient (Wildman–Crippen LogP) is 4.06. The first-order valence-electron chi connectivity index (χ1n) is 6.82. The number of aromatic nitrogens is 1. The SMILES string of the molecule is CC(CN(C)C)N1c2ccccc2Sc2cccnc21.Cl. The number of hydrogen-bond donors (Lipinski definition) is 0. The highest BCUT2D eigenvalue weighted by molar-refractivity contribution is 7.99. The molecule has 0 amide bonds. The van der Waals surface area contributed by atoms with E-state index in [4.69, 9.17) is 0 Å². The van der Waals surface area contributed by atoms with Crippen LogP contribution in [0.5, 0.6) is 0 Å². The van der Waals surface area contributed by atoms with E-state index >= 15 is 0 Å². The van der Waals surface area contributed by atoms with Gasteiger partial charge in [-0.25, -0.2) is 4.98 Å². The van der Waals surface area contributed by atoms with Gasteiger partial charge in [-0.3, -0.25) is 0 Å². The highest BCUT2D eigenvalue weighted by Gasteiger charge is 2.27. The van der Waals surface area contributed by atoms with Crippen LogP contribution in [0.3, 0.4) is 0 Å². The van der Waals surface area contributed by atoms with Crippen LogP contribution in [-0.2, 0) is 0 Å². The third-order valence-electron chi connectivity index (χ3n) is 3.39. The summed E-state index contributed by atoms with van der Waals surface area (Å²) in [6.45, 7) is 3.25. The molecule has 2 aromatic rings. The van der Waals surface area contributed by atoms with Gasteiger partial charge in [0.2, 0.25) is 0 Å². The minimum atomic E-state index is 0. The Morgan fingerprint density at radius 1 is 1.14 bits per heavy atom. The lowest BCUT2D eigenvalue weighted by Gasteiger charge is -2.37. The molecule has 1 aliphatic rings. The van der Waals surface area contributed by atoms with Crippen molar-refractivity contribution in [3.8, 4) is 0 Å². The Balaban J connectivity index is 0.00000161. The second-order valence-electron chi connectivity index (χ2n) is 5.38. The Bertz CT molecular complexity index is 572. The van der Waals surface area contributed by atoms with Crippen LogP contribution >= 0.6 is 24.2 Å². The van der Waals surface area contributed by atoms with E-state index in [2.05, 4.69) is 66.1 Å². The summed E-state index contributed by atoms with van der Waals surface area (Å²) in [6.07, 6.45) is 1.88. The highest BCUT2D eigenvalue weighted by atomic mass is 35.5. The van der Waals surface area contributed by atoms with Crippen LogP contribution in [0.15, 0.2) is 52.4 Å². The van der Waals surface area contributed by atoms with E-state index in [9.17, 15) is 0 Å². The van der Waals surface area contributed by atoms with Gasteiger partial charge in [0.1, 0.15) is 5.82 Å². The van der Waals surface area contributed by atoms with Crippen molar-refractivity contribution in [3.63, 3.8) is 0 Å². The zero-order valence-corrected chi connectivity index (χ0v) is 14.1. The summed E-state index contributed by atoms with van der Waals surface area (Å²) in [7, 11) is 4.22. The molecular weight excluding hydrogens is 302 g/mol. The van der Waals surface area contributed by atoms with Crippen LogP contribution in [-0.4, -0.2) is 36.6 Å². The third-order valence-corrected chi connectivity index (χ3v) is 4.50. The molecule has 1 aromatic carbocycles. The Labute approximate surface area is 136 Å². The number of rotatable bonds is 3. The lowest BCUT2D eigenvalue weighted by Crippen LogP contribution is -2.38. The van der Waals surface area contributed by atoms with Gasteiger partial charge < -0.3 is 9.80 Å². The number of nitrogens with zero attached hydrogens (tertiary/aromatic N) is 3. The molecule has 3 nitrogen and oxygen atoms in total. The van der Waals surface area contributed by atoms with Crippen molar-refractivity contribution in [2.24, 2.45) is 0 Å². The summed E-state index contributed by atoms with van der Waals surface area (Å²) < 4.78 is 0. The lowest BCUT2D eigenvalue weighted by atomic mass is 10.2. The number of halogens is 1. The number of anilines is 2. The van der Waals surface area contributed by atoms with Crippen LogP contribution in [0, 0.1) is 0 Å². The maximum Gasteiger partial charge on any atom is 0.147 e. The molecule has 0 spiro atoms. The average Bonchev–Trinajstić information content (AvgIpc) is 2.43. The Hall–Kier alpha value is -1.23. The zero-order valence-electron chi connectivity index (χ0n) is 12.5. The number of hydrogen-bond acceptors (Lipinski definition) is 4. The normalized spacial score (nSPS) is 14.2. The van der Waals surface area contributed by atoms with Gasteiger partial charge in [0.25, 0.3) is 0 Å². The molecule has 5 heteroatoms. The molecule has 2 heterocycles. The smallest absolute Gasteiger partial charge is 0.147 e. The largest absolute Gasteiger partial charge is 0.320 e. The molecule has 0 bridgehead atoms. The van der Waals surface area contributed by atoms with Crippen molar-refractivity contribution in [3.05, 3.63) is 42.6 Å². The summed E-state index contributed by atoms with van der Waals surface area (Å²) >= 11 is 1.80. The van der Waals surface area contributed by atoms with Crippen molar-refractivity contribution in [1.29, 1.82) is 0 Å². The zero-order chi connectivity index (χ0) is 14.1. The van der Waals surface area contributed by atoms with E-state index < -0.39 is 0 Å². The van der Waals surface area contributed by atoms with Gasteiger partial charge in [0.15, 0.2) is 0 Å². The number of likely N-dealkylation sites (N-methyl/N-ethyl adjacent to an activating group) is 1. The number of fused-ring (bicyclic) bond motifs is 2. The fourth-order valence-electron chi connectivity index (χ4n) is 2.67. The van der Waals surface area contributed by atoms with E-state index in [0.717, 1.165) is 12.4 Å². The van der Waals surface area contributed by atoms with Crippen LogP contribution < -0.4 is 4.90 Å². The maximum absolute atomic E-state index is 4.61. The molecule has 0 saturated heterocycles. The first-order chi connectivity index (χ1) is 9.66. The summed E-state index contributed by atoms with van der Waals surface area (Å²) in [5.74, 6) is 1.07. The fourth-order valence-corrected chi connectivity index (χ4v) is 3.72. The fraction of sp³-hybridized carbons (Fsp3) is 0.312. The quantitative estimate of drug-likeness (QED) is 0.849. The molecule has 112 valence electrons. The molecule has 0 fully saturated rings. The summed E-state index contributed by atoms with van der Waals surface area (Å²) in [4.78, 5) is 11.7. The molecule has 1 aliphatic heterocycles. The average molecular weight is 322 g/mol. The van der Waals surface area contributed by atoms with Crippen LogP contribution in [0.1, 0.15) is 6.92 Å². The summed E-state index contributed by atoms with van der Waals surface area (Å²) in [5, 5.41) is 0.